The Hall–Kier alpha value is -1.99. The van der Waals surface area contributed by atoms with Gasteiger partial charge < -0.3 is 20.5 Å². The molecule has 1 aromatic carbocycles. The number of imide groups is 1. The van der Waals surface area contributed by atoms with Crippen LogP contribution in [0.5, 0.6) is 11.5 Å². The van der Waals surface area contributed by atoms with Gasteiger partial charge in [-0.15, -0.1) is 0 Å². The fraction of sp³-hybridized carbons (Fsp3) is 0.333. The molecular formula is C12H16ClN3O4. The molecule has 0 unspecified atom stereocenters. The third kappa shape index (κ3) is 4.60. The molecule has 0 atom stereocenters. The number of nitrogens with two attached hydrogens (primary N) is 1. The lowest BCUT2D eigenvalue weighted by molar-refractivity contribution is -0.121. The van der Waals surface area contributed by atoms with Gasteiger partial charge in [0.25, 0.3) is 5.91 Å². The van der Waals surface area contributed by atoms with E-state index in [1.807, 2.05) is 5.32 Å². The third-order valence-electron chi connectivity index (χ3n) is 2.29. The summed E-state index contributed by atoms with van der Waals surface area (Å²) in [5.74, 6) is 0.130. The molecular weight excluding hydrogens is 286 g/mol. The van der Waals surface area contributed by atoms with Crippen LogP contribution in [-0.4, -0.2) is 32.7 Å². The van der Waals surface area contributed by atoms with Crippen molar-refractivity contribution >= 4 is 23.5 Å². The van der Waals surface area contributed by atoms with Crippen LogP contribution >= 0.6 is 11.6 Å². The Morgan fingerprint density at radius 1 is 1.40 bits per heavy atom. The lowest BCUT2D eigenvalue weighted by Crippen LogP contribution is -2.38. The Morgan fingerprint density at radius 2 is 2.10 bits per heavy atom. The second-order valence-corrected chi connectivity index (χ2v) is 4.26. The van der Waals surface area contributed by atoms with Crippen molar-refractivity contribution < 1.29 is 19.1 Å². The first-order chi connectivity index (χ1) is 9.47. The smallest absolute Gasteiger partial charge is 0.318 e. The van der Waals surface area contributed by atoms with Crippen LogP contribution in [-0.2, 0) is 11.3 Å². The van der Waals surface area contributed by atoms with Gasteiger partial charge in [-0.2, -0.15) is 0 Å². The first-order valence-corrected chi connectivity index (χ1v) is 6.08. The molecule has 110 valence electrons. The van der Waals surface area contributed by atoms with E-state index in [-0.39, 0.29) is 6.61 Å². The van der Waals surface area contributed by atoms with Gasteiger partial charge in [0.2, 0.25) is 0 Å². The maximum absolute atomic E-state index is 11.3. The molecule has 7 nitrogen and oxygen atoms in total. The fourth-order valence-electron chi connectivity index (χ4n) is 1.57. The zero-order valence-electron chi connectivity index (χ0n) is 11.2. The molecule has 20 heavy (non-hydrogen) atoms. The molecule has 0 fully saturated rings. The number of halogens is 1. The van der Waals surface area contributed by atoms with Crippen LogP contribution < -0.4 is 25.8 Å². The number of ether oxygens (including phenoxy) is 2. The van der Waals surface area contributed by atoms with Gasteiger partial charge in [-0.25, -0.2) is 4.79 Å². The molecule has 3 amide bonds. The molecule has 4 N–H and O–H groups in total. The van der Waals surface area contributed by atoms with Crippen LogP contribution in [0.25, 0.3) is 0 Å². The number of carbonyl (C=O) groups excluding carboxylic acids is 2. The van der Waals surface area contributed by atoms with E-state index in [1.54, 1.807) is 19.2 Å². The number of carbonyl (C=O) groups is 2. The Balaban J connectivity index is 2.91. The van der Waals surface area contributed by atoms with Crippen molar-refractivity contribution in [3.05, 3.63) is 22.7 Å². The highest BCUT2D eigenvalue weighted by Crippen LogP contribution is 2.34. The highest BCUT2D eigenvalue weighted by Gasteiger charge is 2.14. The lowest BCUT2D eigenvalue weighted by atomic mass is 10.2. The van der Waals surface area contributed by atoms with E-state index in [1.165, 1.54) is 7.11 Å². The van der Waals surface area contributed by atoms with Crippen LogP contribution in [0.15, 0.2) is 12.1 Å². The van der Waals surface area contributed by atoms with Crippen molar-refractivity contribution in [1.29, 1.82) is 0 Å². The first-order valence-electron chi connectivity index (χ1n) is 5.71. The van der Waals surface area contributed by atoms with Gasteiger partial charge >= 0.3 is 6.03 Å². The summed E-state index contributed by atoms with van der Waals surface area (Å²) >= 11 is 5.96. The number of urea groups is 1. The van der Waals surface area contributed by atoms with Gasteiger partial charge in [0.15, 0.2) is 18.1 Å². The topological polar surface area (TPSA) is 103 Å². The summed E-state index contributed by atoms with van der Waals surface area (Å²) in [6.45, 7) is 0.112. The minimum absolute atomic E-state index is 0.363. The summed E-state index contributed by atoms with van der Waals surface area (Å²) in [4.78, 5) is 21.9. The van der Waals surface area contributed by atoms with Crippen molar-refractivity contribution in [3.63, 3.8) is 0 Å². The number of rotatable bonds is 6. The van der Waals surface area contributed by atoms with Crippen LogP contribution in [0.4, 0.5) is 4.79 Å². The van der Waals surface area contributed by atoms with E-state index in [0.29, 0.717) is 23.1 Å². The molecule has 0 aromatic heterocycles. The largest absolute Gasteiger partial charge is 0.493 e. The molecule has 0 heterocycles. The number of hydrogen-bond acceptors (Lipinski definition) is 5. The van der Waals surface area contributed by atoms with E-state index >= 15 is 0 Å². The standard InChI is InChI=1S/C12H16ClN3O4/c1-15-5-7-3-8(13)4-9(19-2)11(7)20-6-10(17)16-12(14)18/h3-4,15H,5-6H2,1-2H3,(H3,14,16,17,18). The van der Waals surface area contributed by atoms with Gasteiger partial charge in [-0.1, -0.05) is 11.6 Å². The van der Waals surface area contributed by atoms with Crippen molar-refractivity contribution in [3.8, 4) is 11.5 Å². The van der Waals surface area contributed by atoms with Crippen molar-refractivity contribution in [2.75, 3.05) is 20.8 Å². The molecule has 0 bridgehead atoms. The minimum atomic E-state index is -0.933. The van der Waals surface area contributed by atoms with Gasteiger partial charge in [0.1, 0.15) is 0 Å². The quantitative estimate of drug-likeness (QED) is 0.715. The average Bonchev–Trinajstić information content (AvgIpc) is 2.36. The summed E-state index contributed by atoms with van der Waals surface area (Å²) in [6, 6.07) is 2.33. The monoisotopic (exact) mass is 301 g/mol. The minimum Gasteiger partial charge on any atom is -0.493 e. The third-order valence-corrected chi connectivity index (χ3v) is 2.51. The molecule has 1 rings (SSSR count). The van der Waals surface area contributed by atoms with Crippen molar-refractivity contribution in [1.82, 2.24) is 10.6 Å². The van der Waals surface area contributed by atoms with Crippen LogP contribution in [0.1, 0.15) is 5.56 Å². The predicted octanol–water partition coefficient (Wildman–Crippen LogP) is 0.642. The Labute approximate surface area is 121 Å². The zero-order chi connectivity index (χ0) is 15.1. The molecule has 0 aliphatic carbocycles. The second kappa shape index (κ2) is 7.56. The summed E-state index contributed by atoms with van der Waals surface area (Å²) in [7, 11) is 3.22. The van der Waals surface area contributed by atoms with E-state index < -0.39 is 11.9 Å². The molecule has 1 aromatic rings. The summed E-state index contributed by atoms with van der Waals surface area (Å²) in [5.41, 5.74) is 5.56. The predicted molar refractivity (Wildman–Crippen MR) is 74.0 cm³/mol. The molecule has 8 heteroatoms. The fourth-order valence-corrected chi connectivity index (χ4v) is 1.80. The normalized spacial score (nSPS) is 9.95. The highest BCUT2D eigenvalue weighted by molar-refractivity contribution is 6.30. The Morgan fingerprint density at radius 3 is 2.65 bits per heavy atom. The summed E-state index contributed by atoms with van der Waals surface area (Å²) < 4.78 is 10.6. The van der Waals surface area contributed by atoms with Gasteiger partial charge in [0, 0.05) is 23.2 Å². The first kappa shape index (κ1) is 16.1. The number of hydrogen-bond donors (Lipinski definition) is 3. The number of nitrogens with one attached hydrogen (secondary N) is 2. The zero-order valence-corrected chi connectivity index (χ0v) is 11.9. The number of methoxy groups -OCH3 is 1. The molecule has 0 spiro atoms. The second-order valence-electron chi connectivity index (χ2n) is 3.83. The SMILES string of the molecule is CNCc1cc(Cl)cc(OC)c1OCC(=O)NC(N)=O. The summed E-state index contributed by atoms with van der Waals surface area (Å²) in [5, 5.41) is 5.35. The molecule has 0 saturated heterocycles. The number of amides is 3. The molecule has 0 saturated carbocycles. The molecule has 0 aliphatic rings. The maximum Gasteiger partial charge on any atom is 0.318 e. The number of benzene rings is 1. The molecule has 0 radical (unpaired) electrons. The van der Waals surface area contributed by atoms with Crippen molar-refractivity contribution in [2.24, 2.45) is 5.73 Å². The van der Waals surface area contributed by atoms with Crippen LogP contribution in [0.3, 0.4) is 0 Å². The molecule has 0 aliphatic heterocycles. The van der Waals surface area contributed by atoms with Crippen LogP contribution in [0, 0.1) is 0 Å². The maximum atomic E-state index is 11.3. The Kier molecular flexibility index (Phi) is 6.08. The Bertz CT molecular complexity index is 508. The van der Waals surface area contributed by atoms with Crippen molar-refractivity contribution in [2.45, 2.75) is 6.54 Å². The lowest BCUT2D eigenvalue weighted by Gasteiger charge is -2.15. The van der Waals surface area contributed by atoms with E-state index in [9.17, 15) is 9.59 Å². The average molecular weight is 302 g/mol. The van der Waals surface area contributed by atoms with Gasteiger partial charge in [-0.3, -0.25) is 10.1 Å². The van der Waals surface area contributed by atoms with E-state index in [0.717, 1.165) is 5.56 Å². The van der Waals surface area contributed by atoms with E-state index in [4.69, 9.17) is 26.8 Å². The van der Waals surface area contributed by atoms with Crippen LogP contribution in [0.2, 0.25) is 5.02 Å². The highest BCUT2D eigenvalue weighted by atomic mass is 35.5. The number of primary amides is 1. The van der Waals surface area contributed by atoms with E-state index in [2.05, 4.69) is 5.32 Å². The van der Waals surface area contributed by atoms with Gasteiger partial charge in [-0.05, 0) is 13.1 Å². The summed E-state index contributed by atoms with van der Waals surface area (Å²) in [6.07, 6.45) is 0. The van der Waals surface area contributed by atoms with Gasteiger partial charge in [0.05, 0.1) is 7.11 Å².